The first-order valence-corrected chi connectivity index (χ1v) is 7.47. The third-order valence-electron chi connectivity index (χ3n) is 3.13. The van der Waals surface area contributed by atoms with Gasteiger partial charge in [-0.1, -0.05) is 45.6 Å². The fourth-order valence-corrected chi connectivity index (χ4v) is 2.85. The molecule has 0 unspecified atom stereocenters. The molecule has 8 heteroatoms. The largest absolute Gasteiger partial charge is 0.505 e. The summed E-state index contributed by atoms with van der Waals surface area (Å²) in [5.41, 5.74) is 2.77. The highest BCUT2D eigenvalue weighted by Crippen LogP contribution is 2.33. The Bertz CT molecular complexity index is 867. The van der Waals surface area contributed by atoms with Crippen molar-refractivity contribution >= 4 is 35.4 Å². The topological polar surface area (TPSA) is 66.7 Å². The number of nitrogens with zero attached hydrogens (tertiary/aromatic N) is 3. The molecule has 2 aromatic carbocycles. The van der Waals surface area contributed by atoms with Gasteiger partial charge >= 0.3 is 0 Å². The number of rotatable bonds is 3. The lowest BCUT2D eigenvalue weighted by Crippen LogP contribution is -1.98. The molecule has 0 amide bonds. The lowest BCUT2D eigenvalue weighted by atomic mass is 10.0. The zero-order valence-corrected chi connectivity index (χ0v) is 13.5. The van der Waals surface area contributed by atoms with Gasteiger partial charge in [0, 0.05) is 0 Å². The molecule has 5 nitrogen and oxygen atoms in total. The van der Waals surface area contributed by atoms with E-state index in [1.54, 1.807) is 16.8 Å². The van der Waals surface area contributed by atoms with Gasteiger partial charge in [-0.25, -0.2) is 4.68 Å². The van der Waals surface area contributed by atoms with Crippen molar-refractivity contribution in [3.05, 3.63) is 62.3 Å². The van der Waals surface area contributed by atoms with Crippen LogP contribution in [-0.4, -0.2) is 25.3 Å². The first-order chi connectivity index (χ1) is 10.5. The van der Waals surface area contributed by atoms with Crippen LogP contribution in [0.3, 0.4) is 0 Å². The van der Waals surface area contributed by atoms with Gasteiger partial charge in [-0.15, -0.1) is 0 Å². The molecular formula is C14H10Cl2N4OS. The number of phenols is 1. The predicted octanol–water partition coefficient (Wildman–Crippen LogP) is 3.93. The maximum Gasteiger partial charge on any atom is 0.242 e. The van der Waals surface area contributed by atoms with E-state index in [4.69, 9.17) is 35.4 Å². The van der Waals surface area contributed by atoms with E-state index in [9.17, 15) is 5.11 Å². The number of aromatic nitrogens is 4. The molecule has 0 aliphatic rings. The fraction of sp³-hybridized carbons (Fsp3) is 0.0714. The molecule has 3 rings (SSSR count). The molecule has 0 fully saturated rings. The van der Waals surface area contributed by atoms with E-state index in [1.165, 1.54) is 0 Å². The molecule has 2 N–H and O–H groups in total. The standard InChI is InChI=1S/C14H10Cl2N4OS/c15-11-6-9(7-12(16)13(11)21)4-8-2-1-3-10(5-8)20-14(22)17-18-19-20/h1-3,5-7,21H,4H2,(H,17,19,22). The van der Waals surface area contributed by atoms with Gasteiger partial charge in [0.15, 0.2) is 5.75 Å². The number of benzene rings is 2. The molecule has 1 aromatic heterocycles. The zero-order chi connectivity index (χ0) is 15.7. The Kier molecular flexibility index (Phi) is 4.15. The third-order valence-corrected chi connectivity index (χ3v) is 3.97. The summed E-state index contributed by atoms with van der Waals surface area (Å²) in [7, 11) is 0. The van der Waals surface area contributed by atoms with Crippen molar-refractivity contribution in [3.8, 4) is 11.4 Å². The second-order valence-corrected chi connectivity index (χ2v) is 5.85. The van der Waals surface area contributed by atoms with E-state index in [-0.39, 0.29) is 15.8 Å². The summed E-state index contributed by atoms with van der Waals surface area (Å²) < 4.78 is 1.96. The van der Waals surface area contributed by atoms with Crippen LogP contribution in [0.4, 0.5) is 0 Å². The van der Waals surface area contributed by atoms with Crippen LogP contribution in [0.2, 0.25) is 10.0 Å². The molecule has 0 aliphatic heterocycles. The zero-order valence-electron chi connectivity index (χ0n) is 11.1. The minimum atomic E-state index is -0.101. The van der Waals surface area contributed by atoms with Gasteiger partial charge in [0.25, 0.3) is 0 Å². The maximum atomic E-state index is 9.60. The van der Waals surface area contributed by atoms with E-state index >= 15 is 0 Å². The van der Waals surface area contributed by atoms with Crippen LogP contribution in [0.1, 0.15) is 11.1 Å². The number of aromatic amines is 1. The summed E-state index contributed by atoms with van der Waals surface area (Å²) in [5.74, 6) is -0.101. The van der Waals surface area contributed by atoms with Gasteiger partial charge in [-0.3, -0.25) is 0 Å². The third kappa shape index (κ3) is 2.99. The Morgan fingerprint density at radius 2 is 1.86 bits per heavy atom. The summed E-state index contributed by atoms with van der Waals surface area (Å²) in [6.07, 6.45) is 0.614. The maximum absolute atomic E-state index is 9.60. The van der Waals surface area contributed by atoms with E-state index in [2.05, 4.69) is 15.5 Å². The molecule has 1 heterocycles. The number of halogens is 2. The Balaban J connectivity index is 1.94. The lowest BCUT2D eigenvalue weighted by molar-refractivity contribution is 0.475. The molecule has 22 heavy (non-hydrogen) atoms. The number of tetrazole rings is 1. The Morgan fingerprint density at radius 3 is 2.50 bits per heavy atom. The van der Waals surface area contributed by atoms with Crippen molar-refractivity contribution in [2.45, 2.75) is 6.42 Å². The number of phenolic OH excluding ortho intramolecular Hbond substituents is 1. The van der Waals surface area contributed by atoms with Gasteiger partial charge in [-0.05, 0) is 54.0 Å². The van der Waals surface area contributed by atoms with Gasteiger partial charge in [-0.2, -0.15) is 5.21 Å². The number of H-pyrrole nitrogens is 1. The van der Waals surface area contributed by atoms with Crippen LogP contribution in [-0.2, 0) is 6.42 Å². The average Bonchev–Trinajstić information content (AvgIpc) is 2.91. The van der Waals surface area contributed by atoms with E-state index in [0.717, 1.165) is 16.8 Å². The molecule has 0 atom stereocenters. The molecule has 112 valence electrons. The van der Waals surface area contributed by atoms with Crippen molar-refractivity contribution in [2.24, 2.45) is 0 Å². The SMILES string of the molecule is Oc1c(Cl)cc(Cc2cccc(-n3[nH]nnc3=S)c2)cc1Cl. The van der Waals surface area contributed by atoms with Crippen molar-refractivity contribution in [3.63, 3.8) is 0 Å². The van der Waals surface area contributed by atoms with Crippen molar-refractivity contribution in [2.75, 3.05) is 0 Å². The summed E-state index contributed by atoms with van der Waals surface area (Å²) in [6, 6.07) is 11.1. The number of aromatic hydroxyl groups is 1. The summed E-state index contributed by atoms with van der Waals surface area (Å²) >= 11 is 17.0. The molecule has 0 spiro atoms. The smallest absolute Gasteiger partial charge is 0.242 e. The van der Waals surface area contributed by atoms with E-state index in [1.807, 2.05) is 24.3 Å². The van der Waals surface area contributed by atoms with Crippen LogP contribution in [0.5, 0.6) is 5.75 Å². The highest BCUT2D eigenvalue weighted by atomic mass is 35.5. The van der Waals surface area contributed by atoms with Gasteiger partial charge in [0.05, 0.1) is 15.7 Å². The molecule has 0 saturated heterocycles. The van der Waals surface area contributed by atoms with Gasteiger partial charge in [0.2, 0.25) is 4.77 Å². The minimum Gasteiger partial charge on any atom is -0.505 e. The van der Waals surface area contributed by atoms with Gasteiger partial charge < -0.3 is 5.11 Å². The van der Waals surface area contributed by atoms with Crippen LogP contribution in [0.15, 0.2) is 36.4 Å². The van der Waals surface area contributed by atoms with Crippen molar-refractivity contribution < 1.29 is 5.11 Å². The summed E-state index contributed by atoms with van der Waals surface area (Å²) in [6.45, 7) is 0. The van der Waals surface area contributed by atoms with Crippen LogP contribution in [0.25, 0.3) is 5.69 Å². The van der Waals surface area contributed by atoms with Crippen LogP contribution >= 0.6 is 35.4 Å². The van der Waals surface area contributed by atoms with E-state index < -0.39 is 0 Å². The quantitative estimate of drug-likeness (QED) is 0.701. The van der Waals surface area contributed by atoms with Gasteiger partial charge in [0.1, 0.15) is 0 Å². The Hall–Kier alpha value is -1.89. The highest BCUT2D eigenvalue weighted by molar-refractivity contribution is 7.71. The normalized spacial score (nSPS) is 10.8. The molecule has 0 aliphatic carbocycles. The van der Waals surface area contributed by atoms with E-state index in [0.29, 0.717) is 11.2 Å². The monoisotopic (exact) mass is 352 g/mol. The molecule has 0 radical (unpaired) electrons. The molecule has 3 aromatic rings. The second-order valence-electron chi connectivity index (χ2n) is 4.67. The Labute approximate surface area is 141 Å². The number of hydrogen-bond donors (Lipinski definition) is 2. The number of nitrogens with one attached hydrogen (secondary N) is 1. The second kappa shape index (κ2) is 6.08. The predicted molar refractivity (Wildman–Crippen MR) is 87.5 cm³/mol. The molecule has 0 bridgehead atoms. The Morgan fingerprint density at radius 1 is 1.14 bits per heavy atom. The fourth-order valence-electron chi connectivity index (χ4n) is 2.13. The first kappa shape index (κ1) is 15.0. The van der Waals surface area contributed by atoms with Crippen molar-refractivity contribution in [1.29, 1.82) is 0 Å². The summed E-state index contributed by atoms with van der Waals surface area (Å²) in [5, 5.41) is 20.2. The lowest BCUT2D eigenvalue weighted by Gasteiger charge is -2.08. The van der Waals surface area contributed by atoms with Crippen LogP contribution < -0.4 is 0 Å². The summed E-state index contributed by atoms with van der Waals surface area (Å²) in [4.78, 5) is 0. The first-order valence-electron chi connectivity index (χ1n) is 6.31. The van der Waals surface area contributed by atoms with Crippen molar-refractivity contribution in [1.82, 2.24) is 20.2 Å². The minimum absolute atomic E-state index is 0.101. The molecular weight excluding hydrogens is 343 g/mol. The molecule has 0 saturated carbocycles. The number of hydrogen-bond acceptors (Lipinski definition) is 4. The highest BCUT2D eigenvalue weighted by Gasteiger charge is 2.08. The average molecular weight is 353 g/mol. The van der Waals surface area contributed by atoms with Crippen LogP contribution in [0, 0.1) is 4.77 Å².